The van der Waals surface area contributed by atoms with Gasteiger partial charge in [-0.1, -0.05) is 123 Å². The number of nitrogens with zero attached hydrogens (tertiary/aromatic N) is 2. The molecule has 0 amide bonds. The van der Waals surface area contributed by atoms with Crippen LogP contribution in [-0.4, -0.2) is 9.55 Å². The molecule has 0 unspecified atom stereocenters. The highest BCUT2D eigenvalue weighted by atomic mass is 15.0. The Kier molecular flexibility index (Phi) is 6.25. The molecule has 0 radical (unpaired) electrons. The van der Waals surface area contributed by atoms with Crippen molar-refractivity contribution in [2.24, 2.45) is 0 Å². The largest absolute Gasteiger partial charge is 0.309 e. The zero-order chi connectivity index (χ0) is 33.4. The minimum atomic E-state index is -0.125. The molecule has 7 aromatic carbocycles. The molecular weight excluding hydrogens is 605 g/mol. The first-order valence-electron chi connectivity index (χ1n) is 17.4. The van der Waals surface area contributed by atoms with Crippen molar-refractivity contribution in [1.29, 1.82) is 0 Å². The van der Waals surface area contributed by atoms with Gasteiger partial charge in [-0.2, -0.15) is 0 Å². The average molecular weight is 639 g/mol. The Hall–Kier alpha value is -6.25. The van der Waals surface area contributed by atoms with Gasteiger partial charge in [0.15, 0.2) is 0 Å². The summed E-state index contributed by atoms with van der Waals surface area (Å²) in [7, 11) is 0. The topological polar surface area (TPSA) is 17.8 Å². The molecule has 2 aromatic heterocycles. The Balaban J connectivity index is 1.01. The summed E-state index contributed by atoms with van der Waals surface area (Å²) in [5, 5.41) is 3.73. The molecular formula is C48H34N2. The number of hydrogen-bond acceptors (Lipinski definition) is 1. The van der Waals surface area contributed by atoms with E-state index in [9.17, 15) is 0 Å². The van der Waals surface area contributed by atoms with Crippen molar-refractivity contribution in [1.82, 2.24) is 9.55 Å². The van der Waals surface area contributed by atoms with Crippen molar-refractivity contribution in [3.63, 3.8) is 0 Å². The van der Waals surface area contributed by atoms with Crippen LogP contribution in [0.25, 0.3) is 82.9 Å². The fraction of sp³-hybridized carbons (Fsp3) is 0.0625. The van der Waals surface area contributed by atoms with Crippen molar-refractivity contribution >= 4 is 32.7 Å². The molecule has 0 bridgehead atoms. The molecule has 50 heavy (non-hydrogen) atoms. The first kappa shape index (κ1) is 28.7. The molecule has 0 atom stereocenters. The minimum Gasteiger partial charge on any atom is -0.309 e. The highest BCUT2D eigenvalue weighted by Crippen LogP contribution is 2.51. The summed E-state index contributed by atoms with van der Waals surface area (Å²) in [5.74, 6) is 0. The van der Waals surface area contributed by atoms with Crippen LogP contribution in [0.5, 0.6) is 0 Å². The summed E-state index contributed by atoms with van der Waals surface area (Å²) in [4.78, 5) is 4.55. The maximum Gasteiger partial charge on any atom is 0.0708 e. The smallest absolute Gasteiger partial charge is 0.0708 e. The molecule has 236 valence electrons. The summed E-state index contributed by atoms with van der Waals surface area (Å²) < 4.78 is 2.38. The van der Waals surface area contributed by atoms with E-state index < -0.39 is 0 Å². The standard InChI is InChI=1S/C48H34N2/c1-48(2)43-29-34(31-17-19-32(20-18-31)37-13-8-15-45-40(37)14-9-27-49-45)21-24-38(43)39-25-22-35(30-44(39)48)33-23-26-47-42(28-33)41-12-6-7-16-46(41)50(47)36-10-4-3-5-11-36/h3-30H,1-2H3. The van der Waals surface area contributed by atoms with Gasteiger partial charge < -0.3 is 4.57 Å². The molecule has 1 aliphatic rings. The average Bonchev–Trinajstić information content (AvgIpc) is 3.62. The van der Waals surface area contributed by atoms with Gasteiger partial charge in [0.1, 0.15) is 0 Å². The van der Waals surface area contributed by atoms with E-state index in [1.807, 2.05) is 12.3 Å². The van der Waals surface area contributed by atoms with Crippen LogP contribution in [0.4, 0.5) is 0 Å². The number of hydrogen-bond donors (Lipinski definition) is 0. The lowest BCUT2D eigenvalue weighted by Crippen LogP contribution is -2.15. The monoisotopic (exact) mass is 638 g/mol. The van der Waals surface area contributed by atoms with Gasteiger partial charge in [0, 0.05) is 33.5 Å². The molecule has 0 saturated heterocycles. The Morgan fingerprint density at radius 1 is 0.420 bits per heavy atom. The van der Waals surface area contributed by atoms with Gasteiger partial charge in [0.05, 0.1) is 16.6 Å². The molecule has 1 aliphatic carbocycles. The highest BCUT2D eigenvalue weighted by molar-refractivity contribution is 6.10. The van der Waals surface area contributed by atoms with Crippen molar-refractivity contribution in [2.75, 3.05) is 0 Å². The van der Waals surface area contributed by atoms with Crippen LogP contribution in [0.2, 0.25) is 0 Å². The molecule has 0 aliphatic heterocycles. The van der Waals surface area contributed by atoms with Crippen molar-refractivity contribution < 1.29 is 0 Å². The number of fused-ring (bicyclic) bond motifs is 7. The molecule has 2 heterocycles. The lowest BCUT2D eigenvalue weighted by Gasteiger charge is -2.22. The fourth-order valence-corrected chi connectivity index (χ4v) is 8.30. The third kappa shape index (κ3) is 4.32. The van der Waals surface area contributed by atoms with Gasteiger partial charge in [-0.25, -0.2) is 0 Å². The molecule has 0 fully saturated rings. The lowest BCUT2D eigenvalue weighted by molar-refractivity contribution is 0.661. The van der Waals surface area contributed by atoms with Gasteiger partial charge in [-0.05, 0) is 110 Å². The van der Waals surface area contributed by atoms with Crippen LogP contribution in [0, 0.1) is 0 Å². The number of benzene rings is 7. The van der Waals surface area contributed by atoms with Crippen LogP contribution in [0.1, 0.15) is 25.0 Å². The van der Waals surface area contributed by atoms with Gasteiger partial charge in [0.2, 0.25) is 0 Å². The highest BCUT2D eigenvalue weighted by Gasteiger charge is 2.36. The Morgan fingerprint density at radius 2 is 1.02 bits per heavy atom. The van der Waals surface area contributed by atoms with Gasteiger partial charge in [0.25, 0.3) is 0 Å². The maximum atomic E-state index is 4.55. The minimum absolute atomic E-state index is 0.125. The van der Waals surface area contributed by atoms with Crippen molar-refractivity contribution in [3.05, 3.63) is 181 Å². The summed E-state index contributed by atoms with van der Waals surface area (Å²) in [6.07, 6.45) is 1.86. The van der Waals surface area contributed by atoms with Crippen LogP contribution < -0.4 is 0 Å². The van der Waals surface area contributed by atoms with E-state index in [0.717, 1.165) is 5.52 Å². The zero-order valence-corrected chi connectivity index (χ0v) is 28.1. The van der Waals surface area contributed by atoms with E-state index in [4.69, 9.17) is 0 Å². The van der Waals surface area contributed by atoms with Crippen LogP contribution in [-0.2, 0) is 5.41 Å². The van der Waals surface area contributed by atoms with Crippen LogP contribution in [0.15, 0.2) is 170 Å². The predicted molar refractivity (Wildman–Crippen MR) is 210 cm³/mol. The van der Waals surface area contributed by atoms with Gasteiger partial charge in [-0.15, -0.1) is 0 Å². The Bertz CT molecular complexity index is 2760. The second-order valence-electron chi connectivity index (χ2n) is 14.0. The molecule has 0 saturated carbocycles. The molecule has 2 nitrogen and oxygen atoms in total. The van der Waals surface area contributed by atoms with Crippen LogP contribution in [0.3, 0.4) is 0 Å². The number of pyridine rings is 1. The number of aromatic nitrogens is 2. The molecule has 10 rings (SSSR count). The first-order chi connectivity index (χ1) is 24.5. The van der Waals surface area contributed by atoms with Crippen molar-refractivity contribution in [2.45, 2.75) is 19.3 Å². The molecule has 0 N–H and O–H groups in total. The van der Waals surface area contributed by atoms with E-state index in [-0.39, 0.29) is 5.41 Å². The molecule has 2 heteroatoms. The normalized spacial score (nSPS) is 13.2. The number of rotatable bonds is 4. The van der Waals surface area contributed by atoms with Crippen LogP contribution >= 0.6 is 0 Å². The maximum absolute atomic E-state index is 4.55. The lowest BCUT2D eigenvalue weighted by atomic mass is 9.80. The zero-order valence-electron chi connectivity index (χ0n) is 28.1. The van der Waals surface area contributed by atoms with Gasteiger partial charge >= 0.3 is 0 Å². The summed E-state index contributed by atoms with van der Waals surface area (Å²) in [6, 6.07) is 60.0. The van der Waals surface area contributed by atoms with E-state index in [1.54, 1.807) is 0 Å². The second kappa shape index (κ2) is 10.9. The predicted octanol–water partition coefficient (Wildman–Crippen LogP) is 12.6. The third-order valence-corrected chi connectivity index (χ3v) is 10.9. The molecule has 0 spiro atoms. The Labute approximate surface area is 291 Å². The van der Waals surface area contributed by atoms with E-state index >= 15 is 0 Å². The number of para-hydroxylation sites is 2. The summed E-state index contributed by atoms with van der Waals surface area (Å²) >= 11 is 0. The molecule has 9 aromatic rings. The van der Waals surface area contributed by atoms with E-state index in [2.05, 4.69) is 181 Å². The van der Waals surface area contributed by atoms with Gasteiger partial charge in [-0.3, -0.25) is 4.98 Å². The SMILES string of the molecule is CC1(C)c2cc(-c3ccc(-c4cccc5ncccc45)cc3)ccc2-c2ccc(-c3ccc4c(c3)c3ccccc3n4-c3ccccc3)cc21. The van der Waals surface area contributed by atoms with E-state index in [1.165, 1.54) is 88.5 Å². The fourth-order valence-electron chi connectivity index (χ4n) is 8.30. The summed E-state index contributed by atoms with van der Waals surface area (Å²) in [6.45, 7) is 4.75. The summed E-state index contributed by atoms with van der Waals surface area (Å²) in [5.41, 5.74) is 17.4. The Morgan fingerprint density at radius 3 is 1.80 bits per heavy atom. The third-order valence-electron chi connectivity index (χ3n) is 10.9. The van der Waals surface area contributed by atoms with E-state index in [0.29, 0.717) is 0 Å². The van der Waals surface area contributed by atoms with Crippen molar-refractivity contribution in [3.8, 4) is 50.2 Å². The second-order valence-corrected chi connectivity index (χ2v) is 14.0. The first-order valence-corrected chi connectivity index (χ1v) is 17.4. The quantitative estimate of drug-likeness (QED) is 0.188.